The van der Waals surface area contributed by atoms with Crippen molar-refractivity contribution in [1.82, 2.24) is 4.98 Å². The second-order valence-electron chi connectivity index (χ2n) is 4.24. The van der Waals surface area contributed by atoms with E-state index < -0.39 is 9.84 Å². The lowest BCUT2D eigenvalue weighted by Gasteiger charge is -2.15. The summed E-state index contributed by atoms with van der Waals surface area (Å²) in [6.07, 6.45) is 4.86. The second-order valence-corrected chi connectivity index (χ2v) is 7.03. The van der Waals surface area contributed by atoms with E-state index in [0.717, 1.165) is 5.56 Å². The molecule has 2 rings (SSSR count). The number of alkyl halides is 1. The first-order chi connectivity index (χ1) is 7.57. The van der Waals surface area contributed by atoms with Gasteiger partial charge in [-0.1, -0.05) is 0 Å². The fourth-order valence-electron chi connectivity index (χ4n) is 2.02. The molecule has 1 aliphatic heterocycles. The molecule has 0 aliphatic carbocycles. The Kier molecular flexibility index (Phi) is 3.50. The van der Waals surface area contributed by atoms with Crippen molar-refractivity contribution in [3.05, 3.63) is 30.1 Å². The summed E-state index contributed by atoms with van der Waals surface area (Å²) in [5.41, 5.74) is 1.11. The lowest BCUT2D eigenvalue weighted by molar-refractivity contribution is 0.550. The van der Waals surface area contributed by atoms with Gasteiger partial charge in [-0.15, -0.1) is 11.6 Å². The molecule has 2 heterocycles. The molecule has 1 aromatic heterocycles. The van der Waals surface area contributed by atoms with Crippen LogP contribution in [0.15, 0.2) is 24.5 Å². The summed E-state index contributed by atoms with van der Waals surface area (Å²) in [5.74, 6) is 0.628. The van der Waals surface area contributed by atoms with E-state index in [4.69, 9.17) is 11.6 Å². The maximum Gasteiger partial charge on any atom is 0.150 e. The van der Waals surface area contributed by atoms with Crippen LogP contribution in [0.4, 0.5) is 0 Å². The minimum atomic E-state index is -2.83. The van der Waals surface area contributed by atoms with Crippen LogP contribution in [-0.4, -0.2) is 30.3 Å². The third-order valence-corrected chi connectivity index (χ3v) is 5.26. The van der Waals surface area contributed by atoms with E-state index in [-0.39, 0.29) is 22.8 Å². The lowest BCUT2D eigenvalue weighted by Crippen LogP contribution is -2.18. The van der Waals surface area contributed by atoms with Gasteiger partial charge in [-0.2, -0.15) is 0 Å². The number of aromatic nitrogens is 1. The quantitative estimate of drug-likeness (QED) is 0.776. The Morgan fingerprint density at radius 3 is 2.69 bits per heavy atom. The molecular weight excluding hydrogens is 246 g/mol. The van der Waals surface area contributed by atoms with Gasteiger partial charge in [0.1, 0.15) is 0 Å². The van der Waals surface area contributed by atoms with Crippen molar-refractivity contribution in [2.24, 2.45) is 5.92 Å². The standard InChI is InChI=1S/C11H14ClNO2S/c12-11(7-9-1-4-13-5-2-9)10-3-6-16(14,15)8-10/h1-2,4-5,10-11H,3,6-8H2. The van der Waals surface area contributed by atoms with Gasteiger partial charge in [0.2, 0.25) is 0 Å². The van der Waals surface area contributed by atoms with E-state index in [1.807, 2.05) is 12.1 Å². The highest BCUT2D eigenvalue weighted by Gasteiger charge is 2.32. The molecule has 1 fully saturated rings. The van der Waals surface area contributed by atoms with E-state index in [1.54, 1.807) is 12.4 Å². The first-order valence-corrected chi connectivity index (χ1v) is 7.56. The van der Waals surface area contributed by atoms with Gasteiger partial charge < -0.3 is 0 Å². The Balaban J connectivity index is 1.97. The summed E-state index contributed by atoms with van der Waals surface area (Å²) >= 11 is 6.26. The predicted molar refractivity (Wildman–Crippen MR) is 64.3 cm³/mol. The van der Waals surface area contributed by atoms with Gasteiger partial charge in [0.15, 0.2) is 9.84 Å². The lowest BCUT2D eigenvalue weighted by atomic mass is 9.99. The molecule has 1 aromatic rings. The van der Waals surface area contributed by atoms with Crippen LogP contribution in [0.2, 0.25) is 0 Å². The molecule has 0 saturated carbocycles. The highest BCUT2D eigenvalue weighted by atomic mass is 35.5. The van der Waals surface area contributed by atoms with Crippen LogP contribution in [0.5, 0.6) is 0 Å². The molecule has 0 aromatic carbocycles. The summed E-state index contributed by atoms with van der Waals surface area (Å²) < 4.78 is 22.7. The van der Waals surface area contributed by atoms with Crippen molar-refractivity contribution in [2.45, 2.75) is 18.2 Å². The van der Waals surface area contributed by atoms with E-state index in [9.17, 15) is 8.42 Å². The molecule has 1 saturated heterocycles. The molecule has 0 spiro atoms. The molecule has 1 aliphatic rings. The van der Waals surface area contributed by atoms with Crippen molar-refractivity contribution in [3.8, 4) is 0 Å². The summed E-state index contributed by atoms with van der Waals surface area (Å²) in [4.78, 5) is 3.93. The zero-order valence-corrected chi connectivity index (χ0v) is 10.4. The highest BCUT2D eigenvalue weighted by Crippen LogP contribution is 2.27. The Morgan fingerprint density at radius 1 is 1.44 bits per heavy atom. The molecule has 2 atom stereocenters. The average molecular weight is 260 g/mol. The number of sulfone groups is 1. The predicted octanol–water partition coefficient (Wildman–Crippen LogP) is 1.67. The van der Waals surface area contributed by atoms with Gasteiger partial charge in [0, 0.05) is 17.8 Å². The number of pyridine rings is 1. The molecule has 2 unspecified atom stereocenters. The van der Waals surface area contributed by atoms with Gasteiger partial charge in [-0.25, -0.2) is 8.42 Å². The van der Waals surface area contributed by atoms with Crippen LogP contribution in [0.25, 0.3) is 0 Å². The fourth-order valence-corrected chi connectivity index (χ4v) is 4.40. The molecule has 3 nitrogen and oxygen atoms in total. The first kappa shape index (κ1) is 11.9. The Labute approximate surface area is 101 Å². The molecular formula is C11H14ClNO2S. The smallest absolute Gasteiger partial charge is 0.150 e. The summed E-state index contributed by atoms with van der Waals surface area (Å²) in [5, 5.41) is -0.0975. The van der Waals surface area contributed by atoms with Crippen LogP contribution in [-0.2, 0) is 16.3 Å². The van der Waals surface area contributed by atoms with E-state index in [0.29, 0.717) is 12.8 Å². The summed E-state index contributed by atoms with van der Waals surface area (Å²) in [6, 6.07) is 3.83. The largest absolute Gasteiger partial charge is 0.265 e. The summed E-state index contributed by atoms with van der Waals surface area (Å²) in [6.45, 7) is 0. The maximum absolute atomic E-state index is 11.3. The fraction of sp³-hybridized carbons (Fsp3) is 0.545. The Hall–Kier alpha value is -0.610. The zero-order chi connectivity index (χ0) is 11.6. The summed E-state index contributed by atoms with van der Waals surface area (Å²) in [7, 11) is -2.83. The minimum Gasteiger partial charge on any atom is -0.265 e. The van der Waals surface area contributed by atoms with Gasteiger partial charge in [0.25, 0.3) is 0 Å². The van der Waals surface area contributed by atoms with Gasteiger partial charge >= 0.3 is 0 Å². The number of hydrogen-bond acceptors (Lipinski definition) is 3. The second kappa shape index (κ2) is 4.72. The molecule has 0 radical (unpaired) electrons. The number of rotatable bonds is 3. The van der Waals surface area contributed by atoms with Crippen LogP contribution >= 0.6 is 11.6 Å². The van der Waals surface area contributed by atoms with E-state index in [1.165, 1.54) is 0 Å². The SMILES string of the molecule is O=S1(=O)CCC(C(Cl)Cc2ccncc2)C1. The van der Waals surface area contributed by atoms with Crippen molar-refractivity contribution < 1.29 is 8.42 Å². The number of hydrogen-bond donors (Lipinski definition) is 0. The number of halogens is 1. The highest BCUT2D eigenvalue weighted by molar-refractivity contribution is 7.91. The topological polar surface area (TPSA) is 47.0 Å². The monoisotopic (exact) mass is 259 g/mol. The third-order valence-electron chi connectivity index (χ3n) is 2.96. The molecule has 16 heavy (non-hydrogen) atoms. The van der Waals surface area contributed by atoms with Crippen LogP contribution in [0.1, 0.15) is 12.0 Å². The van der Waals surface area contributed by atoms with Crippen LogP contribution in [0.3, 0.4) is 0 Å². The Bertz CT molecular complexity index is 446. The van der Waals surface area contributed by atoms with Gasteiger partial charge in [-0.3, -0.25) is 4.98 Å². The van der Waals surface area contributed by atoms with Crippen molar-refractivity contribution in [2.75, 3.05) is 11.5 Å². The van der Waals surface area contributed by atoms with Crippen molar-refractivity contribution in [1.29, 1.82) is 0 Å². The zero-order valence-electron chi connectivity index (χ0n) is 8.84. The first-order valence-electron chi connectivity index (χ1n) is 5.30. The van der Waals surface area contributed by atoms with Crippen molar-refractivity contribution >= 4 is 21.4 Å². The van der Waals surface area contributed by atoms with Crippen LogP contribution < -0.4 is 0 Å². The molecule has 0 N–H and O–H groups in total. The van der Waals surface area contributed by atoms with Gasteiger partial charge in [0.05, 0.1) is 11.5 Å². The third kappa shape index (κ3) is 2.95. The minimum absolute atomic E-state index is 0.0971. The maximum atomic E-state index is 11.3. The Morgan fingerprint density at radius 2 is 2.12 bits per heavy atom. The van der Waals surface area contributed by atoms with Gasteiger partial charge in [-0.05, 0) is 36.5 Å². The molecule has 0 amide bonds. The van der Waals surface area contributed by atoms with E-state index in [2.05, 4.69) is 4.98 Å². The normalized spacial score (nSPS) is 25.4. The van der Waals surface area contributed by atoms with Crippen molar-refractivity contribution in [3.63, 3.8) is 0 Å². The molecule has 88 valence electrons. The molecule has 5 heteroatoms. The molecule has 0 bridgehead atoms. The number of nitrogens with zero attached hydrogens (tertiary/aromatic N) is 1. The van der Waals surface area contributed by atoms with Crippen LogP contribution in [0, 0.1) is 5.92 Å². The average Bonchev–Trinajstić information content (AvgIpc) is 2.60. The van der Waals surface area contributed by atoms with E-state index >= 15 is 0 Å².